The molecule has 0 fully saturated rings. The topological polar surface area (TPSA) is 107 Å². The second-order valence-corrected chi connectivity index (χ2v) is 2.80. The predicted octanol–water partition coefficient (Wildman–Crippen LogP) is 0.138. The van der Waals surface area contributed by atoms with Crippen molar-refractivity contribution in [1.82, 2.24) is 0 Å². The van der Waals surface area contributed by atoms with Gasteiger partial charge in [-0.1, -0.05) is 26.1 Å². The number of aliphatic hydroxyl groups is 3. The normalized spacial score (nSPS) is 13.7. The van der Waals surface area contributed by atoms with Crippen molar-refractivity contribution in [3.05, 3.63) is 13.8 Å². The molecular formula is C9H22O6Ti. The van der Waals surface area contributed by atoms with Gasteiger partial charge in [0, 0.05) is 0 Å². The molecule has 0 aromatic heterocycles. The van der Waals surface area contributed by atoms with Gasteiger partial charge in [-0.3, -0.25) is 5.26 Å². The maximum absolute atomic E-state index is 8.25. The van der Waals surface area contributed by atoms with Crippen LogP contribution in [0.25, 0.3) is 0 Å². The van der Waals surface area contributed by atoms with Crippen molar-refractivity contribution in [3.63, 3.8) is 0 Å². The van der Waals surface area contributed by atoms with E-state index in [1.165, 1.54) is 0 Å². The minimum atomic E-state index is -0.454. The number of aliphatic hydroxyl groups excluding tert-OH is 3. The first-order chi connectivity index (χ1) is 7.27. The molecule has 0 aliphatic rings. The van der Waals surface area contributed by atoms with Crippen LogP contribution >= 0.6 is 0 Å². The summed E-state index contributed by atoms with van der Waals surface area (Å²) in [5.41, 5.74) is 0. The van der Waals surface area contributed by atoms with E-state index in [0.29, 0.717) is 0 Å². The Labute approximate surface area is 109 Å². The minimum absolute atomic E-state index is 0.142. The van der Waals surface area contributed by atoms with Crippen LogP contribution < -0.4 is 0 Å². The summed E-state index contributed by atoms with van der Waals surface area (Å²) in [7, 11) is 0. The van der Waals surface area contributed by atoms with E-state index in [1.54, 1.807) is 20.8 Å². The van der Waals surface area contributed by atoms with Crippen LogP contribution in [0.5, 0.6) is 0 Å². The molecule has 0 radical (unpaired) electrons. The summed E-state index contributed by atoms with van der Waals surface area (Å²) in [5, 5.41) is 31.6. The summed E-state index contributed by atoms with van der Waals surface area (Å²) in [6.45, 7) is 11.0. The van der Waals surface area contributed by atoms with Crippen molar-refractivity contribution in [1.29, 1.82) is 0 Å². The molecule has 16 heavy (non-hydrogen) atoms. The molecule has 98 valence electrons. The monoisotopic (exact) mass is 274 g/mol. The van der Waals surface area contributed by atoms with Crippen LogP contribution in [0.4, 0.5) is 0 Å². The molecular weight excluding hydrogens is 252 g/mol. The number of hydrogen-bond acceptors (Lipinski definition) is 6. The zero-order valence-electron chi connectivity index (χ0n) is 9.96. The molecule has 7 heteroatoms. The molecule has 6 nitrogen and oxygen atoms in total. The van der Waals surface area contributed by atoms with Crippen LogP contribution in [-0.2, 0) is 28.6 Å². The molecule has 3 unspecified atom stereocenters. The van der Waals surface area contributed by atoms with Crippen LogP contribution in [0.15, 0.2) is 0 Å². The van der Waals surface area contributed by atoms with E-state index in [4.69, 9.17) is 23.9 Å². The first kappa shape index (κ1) is 25.2. The molecule has 3 atom stereocenters. The Morgan fingerprint density at radius 3 is 1.31 bits per heavy atom. The van der Waals surface area contributed by atoms with Crippen molar-refractivity contribution in [3.8, 4) is 0 Å². The summed E-state index contributed by atoms with van der Waals surface area (Å²) in [5.74, 6) is 0. The number of hydrogen-bond donors (Lipinski definition) is 4. The first-order valence-corrected chi connectivity index (χ1v) is 5.05. The molecule has 4 N–H and O–H groups in total. The van der Waals surface area contributed by atoms with Crippen LogP contribution in [0.2, 0.25) is 0 Å². The van der Waals surface area contributed by atoms with E-state index < -0.39 is 18.3 Å². The zero-order chi connectivity index (χ0) is 14.1. The molecule has 0 aliphatic heterocycles. The summed E-state index contributed by atoms with van der Waals surface area (Å²) < 4.78 is 8.25. The van der Waals surface area contributed by atoms with Gasteiger partial charge in [0.1, 0.15) is 6.10 Å². The Balaban J connectivity index is -0.0000000643. The summed E-state index contributed by atoms with van der Waals surface area (Å²) in [6.07, 6.45) is -1.29. The Morgan fingerprint density at radius 1 is 1.12 bits per heavy atom. The van der Waals surface area contributed by atoms with Crippen LogP contribution in [-0.4, -0.2) is 45.5 Å². The Bertz CT molecular complexity index is 86.5. The second-order valence-electron chi connectivity index (χ2n) is 2.80. The SMILES string of the molecule is CC(CO)OO.[CH2-]C(C)O.[CH2-]C(C)O.[O]=[Ti+2]. The van der Waals surface area contributed by atoms with Crippen LogP contribution in [0.3, 0.4) is 0 Å². The molecule has 0 spiro atoms. The van der Waals surface area contributed by atoms with E-state index in [2.05, 4.69) is 18.7 Å². The van der Waals surface area contributed by atoms with Gasteiger partial charge in [0.25, 0.3) is 0 Å². The molecule has 0 heterocycles. The third-order valence-electron chi connectivity index (χ3n) is 0.437. The van der Waals surface area contributed by atoms with Gasteiger partial charge >= 0.3 is 23.7 Å². The van der Waals surface area contributed by atoms with Crippen molar-refractivity contribution >= 4 is 0 Å². The van der Waals surface area contributed by atoms with Gasteiger partial charge in [-0.05, 0) is 6.92 Å². The molecule has 0 bridgehead atoms. The van der Waals surface area contributed by atoms with Crippen LogP contribution in [0, 0.1) is 13.8 Å². The molecule has 0 saturated heterocycles. The van der Waals surface area contributed by atoms with Gasteiger partial charge in [0.15, 0.2) is 0 Å². The number of rotatable bonds is 2. The molecule has 0 rings (SSSR count). The second kappa shape index (κ2) is 24.5. The van der Waals surface area contributed by atoms with E-state index in [9.17, 15) is 0 Å². The summed E-state index contributed by atoms with van der Waals surface area (Å²) in [4.78, 5) is 3.65. The zero-order valence-corrected chi connectivity index (χ0v) is 11.5. The van der Waals surface area contributed by atoms with Crippen molar-refractivity contribution < 1.29 is 49.2 Å². The Hall–Kier alpha value is 0.314. The molecule has 0 aromatic carbocycles. The average Bonchev–Trinajstić information content (AvgIpc) is 2.18. The van der Waals surface area contributed by atoms with E-state index in [0.717, 1.165) is 20.4 Å². The van der Waals surface area contributed by atoms with Gasteiger partial charge in [-0.25, -0.2) is 4.89 Å². The van der Waals surface area contributed by atoms with E-state index in [-0.39, 0.29) is 6.61 Å². The van der Waals surface area contributed by atoms with Gasteiger partial charge in [-0.15, -0.1) is 0 Å². The fraction of sp³-hybridized carbons (Fsp3) is 0.778. The van der Waals surface area contributed by atoms with Crippen LogP contribution in [0.1, 0.15) is 20.8 Å². The average molecular weight is 274 g/mol. The van der Waals surface area contributed by atoms with Crippen molar-refractivity contribution in [2.24, 2.45) is 0 Å². The standard InChI is InChI=1S/C3H8O3.2C3H7O.O.Ti/c1-3(2-4)6-5;2*1-3(2)4;;/h3-5H,2H2,1H3;2*3-4H,1H2,2H3;;/q;2*-1;;+2. The Kier molecular flexibility index (Phi) is 38.7. The van der Waals surface area contributed by atoms with E-state index in [1.807, 2.05) is 0 Å². The first-order valence-electron chi connectivity index (χ1n) is 4.41. The molecule has 0 aromatic rings. The van der Waals surface area contributed by atoms with Crippen molar-refractivity contribution in [2.45, 2.75) is 39.1 Å². The van der Waals surface area contributed by atoms with Gasteiger partial charge < -0.3 is 29.2 Å². The van der Waals surface area contributed by atoms with Gasteiger partial charge in [0.2, 0.25) is 0 Å². The van der Waals surface area contributed by atoms with Gasteiger partial charge in [-0.2, -0.15) is 0 Å². The molecule has 0 saturated carbocycles. The third-order valence-corrected chi connectivity index (χ3v) is 0.437. The van der Waals surface area contributed by atoms with Crippen molar-refractivity contribution in [2.75, 3.05) is 6.61 Å². The third kappa shape index (κ3) is 136. The molecule has 0 aliphatic carbocycles. The summed E-state index contributed by atoms with van der Waals surface area (Å²) in [6, 6.07) is 0. The van der Waals surface area contributed by atoms with E-state index >= 15 is 0 Å². The maximum atomic E-state index is 8.25. The fourth-order valence-electron chi connectivity index (χ4n) is 0.0333. The summed E-state index contributed by atoms with van der Waals surface area (Å²) >= 11 is 0.750. The van der Waals surface area contributed by atoms with Gasteiger partial charge in [0.05, 0.1) is 6.61 Å². The quantitative estimate of drug-likeness (QED) is 0.247. The predicted molar refractivity (Wildman–Crippen MR) is 55.0 cm³/mol. The molecule has 0 amide bonds. The fourth-order valence-corrected chi connectivity index (χ4v) is 0.0333. The Morgan fingerprint density at radius 2 is 1.31 bits per heavy atom.